The predicted molar refractivity (Wildman–Crippen MR) is 72.0 cm³/mol. The molecule has 0 fully saturated rings. The van der Waals surface area contributed by atoms with E-state index in [1.165, 1.54) is 11.3 Å². The van der Waals surface area contributed by atoms with Gasteiger partial charge in [-0.25, -0.2) is 0 Å². The van der Waals surface area contributed by atoms with Gasteiger partial charge in [0.15, 0.2) is 4.80 Å². The molecule has 0 spiro atoms. The van der Waals surface area contributed by atoms with Crippen molar-refractivity contribution < 1.29 is 4.79 Å². The Bertz CT molecular complexity index is 600. The van der Waals surface area contributed by atoms with Gasteiger partial charge in [-0.3, -0.25) is 4.79 Å². The maximum atomic E-state index is 11.9. The molecule has 1 heterocycles. The molecule has 0 aliphatic heterocycles. The summed E-state index contributed by atoms with van der Waals surface area (Å²) in [5.74, 6) is -0.212. The van der Waals surface area contributed by atoms with Crippen LogP contribution in [0.15, 0.2) is 45.3 Å². The van der Waals surface area contributed by atoms with Gasteiger partial charge in [0.25, 0.3) is 5.91 Å². The van der Waals surface area contributed by atoms with E-state index in [2.05, 4.69) is 20.9 Å². The normalized spacial score (nSPS) is 11.8. The fourth-order valence-corrected chi connectivity index (χ4v) is 2.59. The Labute approximate surface area is 112 Å². The molecule has 5 heteroatoms. The standard InChI is InChI=1S/C12H11BrN2OS/c1-2-15-6-7-17-12(15)14-11(16)9-4-3-5-10(13)8-9/h3-8H,2H2,1H3. The van der Waals surface area contributed by atoms with Crippen molar-refractivity contribution >= 4 is 33.2 Å². The maximum Gasteiger partial charge on any atom is 0.279 e. The SMILES string of the molecule is CCn1ccsc1=NC(=O)c1cccc(Br)c1. The summed E-state index contributed by atoms with van der Waals surface area (Å²) in [4.78, 5) is 16.8. The number of halogens is 1. The zero-order valence-electron chi connectivity index (χ0n) is 9.26. The van der Waals surface area contributed by atoms with E-state index < -0.39 is 0 Å². The zero-order valence-corrected chi connectivity index (χ0v) is 11.7. The molecule has 0 bridgehead atoms. The minimum atomic E-state index is -0.212. The van der Waals surface area contributed by atoms with Crippen molar-refractivity contribution in [3.8, 4) is 0 Å². The van der Waals surface area contributed by atoms with E-state index in [1.54, 1.807) is 12.1 Å². The first-order valence-electron chi connectivity index (χ1n) is 5.19. The Balaban J connectivity index is 2.37. The molecule has 0 N–H and O–H groups in total. The molecule has 0 saturated heterocycles. The van der Waals surface area contributed by atoms with Crippen molar-refractivity contribution in [2.75, 3.05) is 0 Å². The number of hydrogen-bond donors (Lipinski definition) is 0. The highest BCUT2D eigenvalue weighted by Gasteiger charge is 2.04. The summed E-state index contributed by atoms with van der Waals surface area (Å²) in [5, 5.41) is 1.93. The topological polar surface area (TPSA) is 34.4 Å². The molecule has 0 radical (unpaired) electrons. The van der Waals surface area contributed by atoms with Gasteiger partial charge in [0.1, 0.15) is 0 Å². The number of amides is 1. The minimum absolute atomic E-state index is 0.212. The van der Waals surface area contributed by atoms with Crippen LogP contribution < -0.4 is 4.80 Å². The number of nitrogens with zero attached hydrogens (tertiary/aromatic N) is 2. The van der Waals surface area contributed by atoms with Crippen LogP contribution in [0.4, 0.5) is 0 Å². The van der Waals surface area contributed by atoms with E-state index in [1.807, 2.05) is 35.2 Å². The van der Waals surface area contributed by atoms with Crippen LogP contribution >= 0.6 is 27.3 Å². The molecule has 0 atom stereocenters. The van der Waals surface area contributed by atoms with Crippen molar-refractivity contribution in [3.63, 3.8) is 0 Å². The molecule has 2 aromatic rings. The number of hydrogen-bond acceptors (Lipinski definition) is 2. The van der Waals surface area contributed by atoms with Crippen LogP contribution in [-0.2, 0) is 6.54 Å². The first-order valence-corrected chi connectivity index (χ1v) is 6.86. The highest BCUT2D eigenvalue weighted by Crippen LogP contribution is 2.12. The molecule has 1 aromatic heterocycles. The van der Waals surface area contributed by atoms with Crippen LogP contribution in [0.3, 0.4) is 0 Å². The van der Waals surface area contributed by atoms with Crippen molar-refractivity contribution in [2.45, 2.75) is 13.5 Å². The summed E-state index contributed by atoms with van der Waals surface area (Å²) in [7, 11) is 0. The largest absolute Gasteiger partial charge is 0.324 e. The van der Waals surface area contributed by atoms with Gasteiger partial charge < -0.3 is 4.57 Å². The van der Waals surface area contributed by atoms with Crippen LogP contribution in [0.2, 0.25) is 0 Å². The predicted octanol–water partition coefficient (Wildman–Crippen LogP) is 3.07. The maximum absolute atomic E-state index is 11.9. The van der Waals surface area contributed by atoms with Gasteiger partial charge >= 0.3 is 0 Å². The van der Waals surface area contributed by atoms with Gasteiger partial charge in [-0.05, 0) is 25.1 Å². The number of carbonyl (C=O) groups is 1. The third-order valence-electron chi connectivity index (χ3n) is 2.27. The van der Waals surface area contributed by atoms with Crippen molar-refractivity contribution in [3.05, 3.63) is 50.7 Å². The van der Waals surface area contributed by atoms with E-state index in [0.717, 1.165) is 15.8 Å². The Hall–Kier alpha value is -1.20. The van der Waals surface area contributed by atoms with Gasteiger partial charge in [-0.15, -0.1) is 11.3 Å². The lowest BCUT2D eigenvalue weighted by Gasteiger charge is -1.97. The van der Waals surface area contributed by atoms with Gasteiger partial charge in [0, 0.05) is 28.2 Å². The summed E-state index contributed by atoms with van der Waals surface area (Å²) in [5.41, 5.74) is 0.593. The molecule has 1 aromatic carbocycles. The summed E-state index contributed by atoms with van der Waals surface area (Å²) >= 11 is 4.81. The van der Waals surface area contributed by atoms with Crippen molar-refractivity contribution in [1.82, 2.24) is 4.57 Å². The van der Waals surface area contributed by atoms with E-state index in [0.29, 0.717) is 5.56 Å². The fraction of sp³-hybridized carbons (Fsp3) is 0.167. The van der Waals surface area contributed by atoms with Gasteiger partial charge in [-0.1, -0.05) is 22.0 Å². The lowest BCUT2D eigenvalue weighted by atomic mass is 10.2. The third kappa shape index (κ3) is 2.92. The Kier molecular flexibility index (Phi) is 3.91. The smallest absolute Gasteiger partial charge is 0.279 e. The second-order valence-electron chi connectivity index (χ2n) is 3.40. The first kappa shape index (κ1) is 12.3. The molecule has 0 unspecified atom stereocenters. The van der Waals surface area contributed by atoms with E-state index >= 15 is 0 Å². The summed E-state index contributed by atoms with van der Waals surface area (Å²) in [6.45, 7) is 2.84. The molecule has 1 amide bonds. The van der Waals surface area contributed by atoms with Crippen molar-refractivity contribution in [1.29, 1.82) is 0 Å². The highest BCUT2D eigenvalue weighted by molar-refractivity contribution is 9.10. The molecular formula is C12H11BrN2OS. The number of benzene rings is 1. The number of carbonyl (C=O) groups excluding carboxylic acids is 1. The Morgan fingerprint density at radius 1 is 1.53 bits per heavy atom. The average Bonchev–Trinajstić information content (AvgIpc) is 2.76. The zero-order chi connectivity index (χ0) is 12.3. The monoisotopic (exact) mass is 310 g/mol. The molecule has 0 aliphatic carbocycles. The molecular weight excluding hydrogens is 300 g/mol. The first-order chi connectivity index (χ1) is 8.20. The number of aryl methyl sites for hydroxylation is 1. The van der Waals surface area contributed by atoms with E-state index in [-0.39, 0.29) is 5.91 Å². The molecule has 0 aliphatic rings. The fourth-order valence-electron chi connectivity index (χ4n) is 1.40. The van der Waals surface area contributed by atoms with Gasteiger partial charge in [-0.2, -0.15) is 4.99 Å². The van der Waals surface area contributed by atoms with Crippen LogP contribution in [0.25, 0.3) is 0 Å². The lowest BCUT2D eigenvalue weighted by Crippen LogP contribution is -2.15. The molecule has 0 saturated carbocycles. The van der Waals surface area contributed by atoms with Gasteiger partial charge in [0.2, 0.25) is 0 Å². The molecule has 3 nitrogen and oxygen atoms in total. The highest BCUT2D eigenvalue weighted by atomic mass is 79.9. The van der Waals surface area contributed by atoms with E-state index in [9.17, 15) is 4.79 Å². The number of aromatic nitrogens is 1. The molecule has 88 valence electrons. The lowest BCUT2D eigenvalue weighted by molar-refractivity contribution is 0.0997. The average molecular weight is 311 g/mol. The quantitative estimate of drug-likeness (QED) is 0.839. The Morgan fingerprint density at radius 2 is 2.35 bits per heavy atom. The van der Waals surface area contributed by atoms with Gasteiger partial charge in [0.05, 0.1) is 0 Å². The summed E-state index contributed by atoms with van der Waals surface area (Å²) in [6.07, 6.45) is 1.93. The summed E-state index contributed by atoms with van der Waals surface area (Å²) in [6, 6.07) is 7.25. The third-order valence-corrected chi connectivity index (χ3v) is 3.56. The second-order valence-corrected chi connectivity index (χ2v) is 5.19. The Morgan fingerprint density at radius 3 is 3.06 bits per heavy atom. The van der Waals surface area contributed by atoms with Crippen molar-refractivity contribution in [2.24, 2.45) is 4.99 Å². The van der Waals surface area contributed by atoms with Crippen LogP contribution in [0, 0.1) is 0 Å². The van der Waals surface area contributed by atoms with Crippen LogP contribution in [0.1, 0.15) is 17.3 Å². The second kappa shape index (κ2) is 5.42. The van der Waals surface area contributed by atoms with Crippen LogP contribution in [-0.4, -0.2) is 10.5 Å². The minimum Gasteiger partial charge on any atom is -0.324 e. The summed E-state index contributed by atoms with van der Waals surface area (Å²) < 4.78 is 2.83. The number of rotatable bonds is 2. The van der Waals surface area contributed by atoms with E-state index in [4.69, 9.17) is 0 Å². The molecule has 2 rings (SSSR count). The van der Waals surface area contributed by atoms with Crippen LogP contribution in [0.5, 0.6) is 0 Å². The number of thiazole rings is 1. The molecule has 17 heavy (non-hydrogen) atoms.